The van der Waals surface area contributed by atoms with Gasteiger partial charge in [0.2, 0.25) is 5.91 Å². The van der Waals surface area contributed by atoms with Gasteiger partial charge in [0, 0.05) is 29.1 Å². The molecule has 2 heterocycles. The smallest absolute Gasteiger partial charge is 0.335 e. The van der Waals surface area contributed by atoms with Crippen LogP contribution in [0, 0.1) is 6.92 Å². The molecule has 0 fully saturated rings. The highest BCUT2D eigenvalue weighted by Gasteiger charge is 2.16. The fourth-order valence-corrected chi connectivity index (χ4v) is 4.55. The monoisotopic (exact) mass is 446 g/mol. The third kappa shape index (κ3) is 4.76. The minimum Gasteiger partial charge on any atom is -0.478 e. The lowest BCUT2D eigenvalue weighted by atomic mass is 10.0. The molecule has 3 N–H and O–H groups in total. The molecule has 0 spiro atoms. The molecule has 1 amide bonds. The third-order valence-corrected chi connectivity index (χ3v) is 6.01. The Morgan fingerprint density at radius 3 is 2.66 bits per heavy atom. The Balaban J connectivity index is 1.40. The van der Waals surface area contributed by atoms with Crippen LogP contribution in [0.15, 0.2) is 60.9 Å². The fourth-order valence-electron chi connectivity index (χ4n) is 3.54. The summed E-state index contributed by atoms with van der Waals surface area (Å²) in [5, 5.41) is 16.2. The number of benzene rings is 2. The van der Waals surface area contributed by atoms with E-state index >= 15 is 0 Å². The van der Waals surface area contributed by atoms with Crippen molar-refractivity contribution < 1.29 is 14.7 Å². The van der Waals surface area contributed by atoms with Crippen LogP contribution in [0.3, 0.4) is 0 Å². The van der Waals surface area contributed by atoms with E-state index < -0.39 is 5.97 Å². The highest BCUT2D eigenvalue weighted by molar-refractivity contribution is 7.19. The van der Waals surface area contributed by atoms with Crippen LogP contribution < -0.4 is 10.6 Å². The van der Waals surface area contributed by atoms with Gasteiger partial charge in [-0.05, 0) is 37.1 Å². The average molecular weight is 447 g/mol. The zero-order chi connectivity index (χ0) is 22.5. The first-order valence-electron chi connectivity index (χ1n) is 10.2. The zero-order valence-corrected chi connectivity index (χ0v) is 18.3. The molecule has 0 atom stereocenters. The van der Waals surface area contributed by atoms with E-state index in [1.54, 1.807) is 29.8 Å². The third-order valence-electron chi connectivity index (χ3n) is 4.99. The summed E-state index contributed by atoms with van der Waals surface area (Å²) in [5.41, 5.74) is 2.86. The van der Waals surface area contributed by atoms with Crippen LogP contribution >= 0.6 is 11.3 Å². The number of aromatic nitrogens is 2. The summed E-state index contributed by atoms with van der Waals surface area (Å²) in [6.45, 7) is 2.65. The molecule has 0 aliphatic carbocycles. The molecule has 0 unspecified atom stereocenters. The van der Waals surface area contributed by atoms with Crippen LogP contribution in [0.1, 0.15) is 28.1 Å². The van der Waals surface area contributed by atoms with Crippen molar-refractivity contribution >= 4 is 44.9 Å². The lowest BCUT2D eigenvalue weighted by Gasteiger charge is -2.09. The van der Waals surface area contributed by atoms with Crippen molar-refractivity contribution in [1.29, 1.82) is 0 Å². The Bertz CT molecular complexity index is 1270. The topological polar surface area (TPSA) is 104 Å². The number of carbonyl (C=O) groups excluding carboxylic acids is 1. The number of nitrogens with zero attached hydrogens (tertiary/aromatic N) is 2. The minimum absolute atomic E-state index is 0.137. The number of anilines is 2. The molecule has 4 aromatic rings. The largest absolute Gasteiger partial charge is 0.478 e. The molecule has 0 saturated heterocycles. The first-order valence-corrected chi connectivity index (χ1v) is 11.0. The van der Waals surface area contributed by atoms with E-state index in [1.165, 1.54) is 17.0 Å². The number of hydrogen-bond acceptors (Lipinski definition) is 6. The van der Waals surface area contributed by atoms with Crippen molar-refractivity contribution in [2.75, 3.05) is 17.2 Å². The van der Waals surface area contributed by atoms with Crippen LogP contribution in [0.4, 0.5) is 11.5 Å². The van der Waals surface area contributed by atoms with Gasteiger partial charge in [-0.15, -0.1) is 11.3 Å². The molecule has 4 rings (SSSR count). The average Bonchev–Trinajstić information content (AvgIpc) is 3.14. The molecule has 0 radical (unpaired) electrons. The van der Waals surface area contributed by atoms with Crippen molar-refractivity contribution in [2.45, 2.75) is 19.8 Å². The number of carboxylic acid groups (broad SMARTS) is 1. The number of amides is 1. The van der Waals surface area contributed by atoms with Gasteiger partial charge >= 0.3 is 5.97 Å². The summed E-state index contributed by atoms with van der Waals surface area (Å²) in [6, 6.07) is 16.4. The minimum atomic E-state index is -1.03. The molecule has 0 aliphatic heterocycles. The van der Waals surface area contributed by atoms with Gasteiger partial charge in [0.1, 0.15) is 17.0 Å². The first-order chi connectivity index (χ1) is 15.5. The van der Waals surface area contributed by atoms with E-state index in [-0.39, 0.29) is 11.5 Å². The Morgan fingerprint density at radius 2 is 1.88 bits per heavy atom. The second kappa shape index (κ2) is 9.57. The number of fused-ring (bicyclic) bond motifs is 1. The normalized spacial score (nSPS) is 10.8. The molecule has 0 aliphatic rings. The van der Waals surface area contributed by atoms with Crippen LogP contribution in [-0.2, 0) is 4.79 Å². The zero-order valence-electron chi connectivity index (χ0n) is 17.5. The summed E-state index contributed by atoms with van der Waals surface area (Å²) >= 11 is 1.64. The Labute approximate surface area is 189 Å². The van der Waals surface area contributed by atoms with Crippen molar-refractivity contribution in [3.63, 3.8) is 0 Å². The maximum atomic E-state index is 12.2. The van der Waals surface area contributed by atoms with Crippen molar-refractivity contribution in [1.82, 2.24) is 9.97 Å². The van der Waals surface area contributed by atoms with E-state index in [4.69, 9.17) is 5.11 Å². The Hall–Kier alpha value is -3.78. The van der Waals surface area contributed by atoms with Gasteiger partial charge in [-0.3, -0.25) is 4.79 Å². The van der Waals surface area contributed by atoms with E-state index in [9.17, 15) is 9.59 Å². The SMILES string of the molecule is Cc1sc2ncnc(NCCCC(=O)Nc3cccc(C(=O)O)c3)c2c1-c1ccccc1. The summed E-state index contributed by atoms with van der Waals surface area (Å²) in [4.78, 5) is 34.3. The lowest BCUT2D eigenvalue weighted by molar-refractivity contribution is -0.116. The molecule has 0 bridgehead atoms. The highest BCUT2D eigenvalue weighted by atomic mass is 32.1. The number of carboxylic acids is 1. The molecule has 2 aromatic carbocycles. The van der Waals surface area contributed by atoms with E-state index in [0.29, 0.717) is 25.1 Å². The molecule has 162 valence electrons. The van der Waals surface area contributed by atoms with Gasteiger partial charge < -0.3 is 15.7 Å². The maximum Gasteiger partial charge on any atom is 0.335 e. The van der Waals surface area contributed by atoms with Gasteiger partial charge in [0.05, 0.1) is 10.9 Å². The van der Waals surface area contributed by atoms with Crippen LogP contribution in [-0.4, -0.2) is 33.5 Å². The van der Waals surface area contributed by atoms with Crippen molar-refractivity contribution in [2.24, 2.45) is 0 Å². The standard InChI is InChI=1S/C24H22N4O3S/c1-15-20(16-7-3-2-4-8-16)21-22(26-14-27-23(21)32-15)25-12-6-11-19(29)28-18-10-5-9-17(13-18)24(30)31/h2-5,7-10,13-14H,6,11-12H2,1H3,(H,28,29)(H,30,31)(H,25,26,27). The maximum absolute atomic E-state index is 12.2. The Kier molecular flexibility index (Phi) is 6.42. The van der Waals surface area contributed by atoms with Crippen LogP contribution in [0.25, 0.3) is 21.3 Å². The van der Waals surface area contributed by atoms with Crippen LogP contribution in [0.2, 0.25) is 0 Å². The summed E-state index contributed by atoms with van der Waals surface area (Å²) in [6.07, 6.45) is 2.45. The van der Waals surface area contributed by atoms with Gasteiger partial charge in [0.15, 0.2) is 0 Å². The molecule has 8 heteroatoms. The highest BCUT2D eigenvalue weighted by Crippen LogP contribution is 2.40. The summed E-state index contributed by atoms with van der Waals surface area (Å²) < 4.78 is 0. The van der Waals surface area contributed by atoms with Crippen molar-refractivity contribution in [3.05, 3.63) is 71.4 Å². The second-order valence-corrected chi connectivity index (χ2v) is 8.47. The molecule has 0 saturated carbocycles. The predicted molar refractivity (Wildman–Crippen MR) is 127 cm³/mol. The molecule has 2 aromatic heterocycles. The number of aromatic carboxylic acids is 1. The van der Waals surface area contributed by atoms with Gasteiger partial charge in [0.25, 0.3) is 0 Å². The number of nitrogens with one attached hydrogen (secondary N) is 2. The molecule has 7 nitrogen and oxygen atoms in total. The predicted octanol–water partition coefficient (Wildman–Crippen LogP) is 5.20. The van der Waals surface area contributed by atoms with Gasteiger partial charge in [-0.1, -0.05) is 36.4 Å². The molecular formula is C24H22N4O3S. The van der Waals surface area contributed by atoms with Gasteiger partial charge in [-0.25, -0.2) is 14.8 Å². The van der Waals surface area contributed by atoms with Crippen LogP contribution in [0.5, 0.6) is 0 Å². The summed E-state index contributed by atoms with van der Waals surface area (Å²) in [5.74, 6) is -0.439. The number of carbonyl (C=O) groups is 2. The summed E-state index contributed by atoms with van der Waals surface area (Å²) in [7, 11) is 0. The number of rotatable bonds is 8. The van der Waals surface area contributed by atoms with Crippen molar-refractivity contribution in [3.8, 4) is 11.1 Å². The number of hydrogen-bond donors (Lipinski definition) is 3. The Morgan fingerprint density at radius 1 is 1.06 bits per heavy atom. The lowest BCUT2D eigenvalue weighted by Crippen LogP contribution is -2.14. The number of aryl methyl sites for hydroxylation is 1. The first kappa shape index (κ1) is 21.5. The fraction of sp³-hybridized carbons (Fsp3) is 0.167. The quantitative estimate of drug-likeness (QED) is 0.322. The van der Waals surface area contributed by atoms with E-state index in [0.717, 1.165) is 27.2 Å². The number of thiophene rings is 1. The second-order valence-electron chi connectivity index (χ2n) is 7.27. The molecular weight excluding hydrogens is 424 g/mol. The molecule has 32 heavy (non-hydrogen) atoms. The van der Waals surface area contributed by atoms with E-state index in [2.05, 4.69) is 39.7 Å². The van der Waals surface area contributed by atoms with Gasteiger partial charge in [-0.2, -0.15) is 0 Å². The van der Waals surface area contributed by atoms with E-state index in [1.807, 2.05) is 18.2 Å².